The minimum atomic E-state index is -0.159. The lowest BCUT2D eigenvalue weighted by atomic mass is 9.97. The molecule has 108 valence electrons. The number of hydrogen-bond donors (Lipinski definition) is 1. The molecule has 0 fully saturated rings. The van der Waals surface area contributed by atoms with Gasteiger partial charge in [-0.15, -0.1) is 0 Å². The Morgan fingerprint density at radius 2 is 1.74 bits per heavy atom. The van der Waals surface area contributed by atoms with Gasteiger partial charge in [0, 0.05) is 6.04 Å². The lowest BCUT2D eigenvalue weighted by Crippen LogP contribution is -2.27. The van der Waals surface area contributed by atoms with E-state index in [1.807, 2.05) is 12.1 Å². The second-order valence-corrected chi connectivity index (χ2v) is 5.34. The Morgan fingerprint density at radius 3 is 2.26 bits per heavy atom. The summed E-state index contributed by atoms with van der Waals surface area (Å²) in [4.78, 5) is 0. The van der Waals surface area contributed by atoms with Crippen LogP contribution in [0.1, 0.15) is 64.5 Å². The van der Waals surface area contributed by atoms with Gasteiger partial charge in [-0.1, -0.05) is 52.2 Å². The molecule has 1 nitrogen and oxygen atoms in total. The Morgan fingerprint density at radius 1 is 1.05 bits per heavy atom. The second kappa shape index (κ2) is 9.08. The molecule has 0 aromatic heterocycles. The molecule has 0 aliphatic rings. The molecule has 0 amide bonds. The largest absolute Gasteiger partial charge is 0.310 e. The average molecular weight is 265 g/mol. The first-order valence-electron chi connectivity index (χ1n) is 7.70. The van der Waals surface area contributed by atoms with Gasteiger partial charge in [0.2, 0.25) is 0 Å². The van der Waals surface area contributed by atoms with Gasteiger partial charge in [0.25, 0.3) is 0 Å². The summed E-state index contributed by atoms with van der Waals surface area (Å²) in [6.07, 6.45) is 6.15. The third-order valence-corrected chi connectivity index (χ3v) is 3.88. The fraction of sp³-hybridized carbons (Fsp3) is 0.647. The van der Waals surface area contributed by atoms with Crippen molar-refractivity contribution >= 4 is 0 Å². The fourth-order valence-corrected chi connectivity index (χ4v) is 2.45. The normalized spacial score (nSPS) is 14.3. The molecule has 0 aliphatic heterocycles. The number of halogens is 1. The Kier molecular flexibility index (Phi) is 7.73. The maximum absolute atomic E-state index is 12.9. The van der Waals surface area contributed by atoms with Crippen molar-refractivity contribution in [3.8, 4) is 0 Å². The van der Waals surface area contributed by atoms with Crippen LogP contribution >= 0.6 is 0 Å². The van der Waals surface area contributed by atoms with E-state index in [0.717, 1.165) is 18.9 Å². The van der Waals surface area contributed by atoms with Crippen LogP contribution in [0.3, 0.4) is 0 Å². The highest BCUT2D eigenvalue weighted by molar-refractivity contribution is 5.19. The van der Waals surface area contributed by atoms with E-state index in [-0.39, 0.29) is 5.82 Å². The Labute approximate surface area is 117 Å². The minimum Gasteiger partial charge on any atom is -0.310 e. The van der Waals surface area contributed by atoms with Gasteiger partial charge >= 0.3 is 0 Å². The highest BCUT2D eigenvalue weighted by atomic mass is 19.1. The maximum Gasteiger partial charge on any atom is 0.123 e. The van der Waals surface area contributed by atoms with Gasteiger partial charge in [0.05, 0.1) is 0 Å². The lowest BCUT2D eigenvalue weighted by molar-refractivity contribution is 0.386. The molecule has 0 heterocycles. The molecule has 0 spiro atoms. The van der Waals surface area contributed by atoms with Crippen molar-refractivity contribution in [1.82, 2.24) is 5.32 Å². The summed E-state index contributed by atoms with van der Waals surface area (Å²) in [7, 11) is 0. The van der Waals surface area contributed by atoms with E-state index >= 15 is 0 Å². The Balaban J connectivity index is 2.49. The van der Waals surface area contributed by atoms with Gasteiger partial charge in [-0.25, -0.2) is 4.39 Å². The van der Waals surface area contributed by atoms with Crippen LogP contribution in [0.25, 0.3) is 0 Å². The molecule has 0 saturated heterocycles. The zero-order valence-corrected chi connectivity index (χ0v) is 12.6. The van der Waals surface area contributed by atoms with Crippen LogP contribution < -0.4 is 5.32 Å². The first kappa shape index (κ1) is 16.2. The van der Waals surface area contributed by atoms with Crippen molar-refractivity contribution in [2.75, 3.05) is 6.54 Å². The van der Waals surface area contributed by atoms with Crippen molar-refractivity contribution < 1.29 is 4.39 Å². The molecule has 1 aromatic rings. The van der Waals surface area contributed by atoms with Crippen LogP contribution in [-0.2, 0) is 0 Å². The predicted octanol–water partition coefficient (Wildman–Crippen LogP) is 5.08. The molecule has 0 bridgehead atoms. The van der Waals surface area contributed by atoms with Crippen LogP contribution in [0.15, 0.2) is 24.3 Å². The molecule has 1 rings (SSSR count). The lowest BCUT2D eigenvalue weighted by Gasteiger charge is -2.22. The van der Waals surface area contributed by atoms with E-state index in [1.54, 1.807) is 12.1 Å². The van der Waals surface area contributed by atoms with Crippen molar-refractivity contribution in [3.05, 3.63) is 35.6 Å². The summed E-state index contributed by atoms with van der Waals surface area (Å²) in [6.45, 7) is 7.74. The van der Waals surface area contributed by atoms with Crippen molar-refractivity contribution in [2.45, 2.75) is 58.9 Å². The fourth-order valence-electron chi connectivity index (χ4n) is 2.45. The Hall–Kier alpha value is -0.890. The first-order valence-corrected chi connectivity index (χ1v) is 7.70. The molecule has 1 aromatic carbocycles. The molecule has 0 radical (unpaired) electrons. The summed E-state index contributed by atoms with van der Waals surface area (Å²) in [6, 6.07) is 7.23. The molecule has 0 saturated carbocycles. The van der Waals surface area contributed by atoms with Crippen molar-refractivity contribution in [3.63, 3.8) is 0 Å². The van der Waals surface area contributed by atoms with E-state index in [4.69, 9.17) is 0 Å². The molecule has 0 aliphatic carbocycles. The zero-order chi connectivity index (χ0) is 14.1. The van der Waals surface area contributed by atoms with Crippen LogP contribution in [0.5, 0.6) is 0 Å². The third-order valence-electron chi connectivity index (χ3n) is 3.88. The van der Waals surface area contributed by atoms with Crippen molar-refractivity contribution in [2.24, 2.45) is 5.92 Å². The van der Waals surface area contributed by atoms with E-state index in [0.29, 0.717) is 6.04 Å². The second-order valence-electron chi connectivity index (χ2n) is 5.34. The summed E-state index contributed by atoms with van der Waals surface area (Å²) in [5, 5.41) is 3.64. The van der Waals surface area contributed by atoms with Gasteiger partial charge in [0.15, 0.2) is 0 Å². The summed E-state index contributed by atoms with van der Waals surface area (Å²) < 4.78 is 12.9. The molecule has 19 heavy (non-hydrogen) atoms. The number of benzene rings is 1. The van der Waals surface area contributed by atoms with Crippen LogP contribution in [0, 0.1) is 11.7 Å². The van der Waals surface area contributed by atoms with Crippen LogP contribution in [-0.4, -0.2) is 6.54 Å². The minimum absolute atomic E-state index is 0.159. The molecular weight excluding hydrogens is 237 g/mol. The number of hydrogen-bond acceptors (Lipinski definition) is 1. The summed E-state index contributed by atoms with van der Waals surface area (Å²) in [5.41, 5.74) is 1.19. The highest BCUT2D eigenvalue weighted by Crippen LogP contribution is 2.19. The Bertz CT molecular complexity index is 334. The standard InChI is InChI=1S/C17H28FN/c1-4-7-8-14(5-2)13-19-17(6-3)15-9-11-16(18)12-10-15/h9-12,14,17,19H,4-8,13H2,1-3H3. The molecule has 2 atom stereocenters. The number of unbranched alkanes of at least 4 members (excludes halogenated alkanes) is 1. The molecular formula is C17H28FN. The van der Waals surface area contributed by atoms with Crippen LogP contribution in [0.2, 0.25) is 0 Å². The van der Waals surface area contributed by atoms with Gasteiger partial charge in [-0.2, -0.15) is 0 Å². The highest BCUT2D eigenvalue weighted by Gasteiger charge is 2.12. The monoisotopic (exact) mass is 265 g/mol. The van der Waals surface area contributed by atoms with Gasteiger partial charge in [-0.3, -0.25) is 0 Å². The third kappa shape index (κ3) is 5.73. The number of nitrogens with one attached hydrogen (secondary N) is 1. The average Bonchev–Trinajstić information content (AvgIpc) is 2.44. The topological polar surface area (TPSA) is 12.0 Å². The summed E-state index contributed by atoms with van der Waals surface area (Å²) in [5.74, 6) is 0.599. The molecule has 2 unspecified atom stereocenters. The van der Waals surface area contributed by atoms with E-state index < -0.39 is 0 Å². The SMILES string of the molecule is CCCCC(CC)CNC(CC)c1ccc(F)cc1. The quantitative estimate of drug-likeness (QED) is 0.656. The van der Waals surface area contributed by atoms with E-state index in [1.165, 1.54) is 31.2 Å². The van der Waals surface area contributed by atoms with Gasteiger partial charge < -0.3 is 5.32 Å². The smallest absolute Gasteiger partial charge is 0.123 e. The van der Waals surface area contributed by atoms with Crippen molar-refractivity contribution in [1.29, 1.82) is 0 Å². The molecule has 1 N–H and O–H groups in total. The van der Waals surface area contributed by atoms with Gasteiger partial charge in [-0.05, 0) is 43.0 Å². The van der Waals surface area contributed by atoms with Gasteiger partial charge in [0.1, 0.15) is 5.82 Å². The molecule has 2 heteroatoms. The summed E-state index contributed by atoms with van der Waals surface area (Å²) >= 11 is 0. The van der Waals surface area contributed by atoms with Crippen LogP contribution in [0.4, 0.5) is 4.39 Å². The predicted molar refractivity (Wildman–Crippen MR) is 80.7 cm³/mol. The first-order chi connectivity index (χ1) is 9.21. The van der Waals surface area contributed by atoms with E-state index in [2.05, 4.69) is 26.1 Å². The van der Waals surface area contributed by atoms with E-state index in [9.17, 15) is 4.39 Å². The zero-order valence-electron chi connectivity index (χ0n) is 12.6. The number of rotatable bonds is 9. The maximum atomic E-state index is 12.9.